The van der Waals surface area contributed by atoms with Gasteiger partial charge in [0.1, 0.15) is 0 Å². The van der Waals surface area contributed by atoms with E-state index in [9.17, 15) is 0 Å². The molecule has 1 saturated carbocycles. The van der Waals surface area contributed by atoms with Crippen LogP contribution in [0.5, 0.6) is 0 Å². The average molecular weight is 235 g/mol. The molecule has 0 aromatic carbocycles. The average Bonchev–Trinajstić information content (AvgIpc) is 2.85. The highest BCUT2D eigenvalue weighted by Crippen LogP contribution is 2.21. The van der Waals surface area contributed by atoms with Crippen molar-refractivity contribution >= 4 is 11.6 Å². The van der Waals surface area contributed by atoms with Crippen molar-refractivity contribution in [2.45, 2.75) is 31.7 Å². The van der Waals surface area contributed by atoms with Gasteiger partial charge in [-0.1, -0.05) is 12.8 Å². The number of hydrogen-bond acceptors (Lipinski definition) is 5. The minimum atomic E-state index is 0.596. The first-order valence-electron chi connectivity index (χ1n) is 6.27. The predicted molar refractivity (Wildman–Crippen MR) is 69.8 cm³/mol. The van der Waals surface area contributed by atoms with E-state index >= 15 is 0 Å². The summed E-state index contributed by atoms with van der Waals surface area (Å²) in [5.41, 5.74) is 6.12. The number of nitrogens with one attached hydrogen (secondary N) is 1. The number of anilines is 2. The van der Waals surface area contributed by atoms with Crippen LogP contribution in [0.15, 0.2) is 12.4 Å². The predicted octanol–water partition coefficient (Wildman–Crippen LogP) is 1.35. The van der Waals surface area contributed by atoms with Gasteiger partial charge in [-0.3, -0.25) is 0 Å². The van der Waals surface area contributed by atoms with Gasteiger partial charge in [0.25, 0.3) is 0 Å². The van der Waals surface area contributed by atoms with E-state index in [0.717, 1.165) is 19.1 Å². The topological polar surface area (TPSA) is 67.1 Å². The minimum absolute atomic E-state index is 0.596. The largest absolute Gasteiger partial charge is 0.396 e. The molecule has 3 N–H and O–H groups in total. The molecule has 1 aliphatic rings. The van der Waals surface area contributed by atoms with Crippen LogP contribution in [0.4, 0.5) is 11.6 Å². The van der Waals surface area contributed by atoms with E-state index in [1.807, 2.05) is 0 Å². The van der Waals surface area contributed by atoms with E-state index in [0.29, 0.717) is 11.6 Å². The minimum Gasteiger partial charge on any atom is -0.396 e. The molecule has 5 heteroatoms. The van der Waals surface area contributed by atoms with E-state index in [4.69, 9.17) is 5.73 Å². The van der Waals surface area contributed by atoms with Gasteiger partial charge >= 0.3 is 0 Å². The maximum Gasteiger partial charge on any atom is 0.222 e. The van der Waals surface area contributed by atoms with Crippen LogP contribution in [-0.2, 0) is 0 Å². The number of rotatable bonds is 5. The first-order chi connectivity index (χ1) is 8.25. The molecule has 2 rings (SSSR count). The zero-order valence-corrected chi connectivity index (χ0v) is 10.4. The Labute approximate surface area is 102 Å². The quantitative estimate of drug-likeness (QED) is 0.806. The van der Waals surface area contributed by atoms with Crippen LogP contribution in [0.3, 0.4) is 0 Å². The monoisotopic (exact) mass is 235 g/mol. The van der Waals surface area contributed by atoms with Crippen molar-refractivity contribution in [1.29, 1.82) is 0 Å². The van der Waals surface area contributed by atoms with Gasteiger partial charge < -0.3 is 16.0 Å². The van der Waals surface area contributed by atoms with Crippen molar-refractivity contribution < 1.29 is 0 Å². The fraction of sp³-hybridized carbons (Fsp3) is 0.667. The lowest BCUT2D eigenvalue weighted by molar-refractivity contribution is 0.254. The standard InChI is InChI=1S/C12H21N5/c1-17(11-4-2-3-5-11)7-6-14-12-15-8-10(13)9-16-12/h8-9,11H,2-7,13H2,1H3,(H,14,15,16). The van der Waals surface area contributed by atoms with Crippen molar-refractivity contribution in [3.05, 3.63) is 12.4 Å². The Bertz CT molecular complexity index is 331. The second kappa shape index (κ2) is 5.82. The third-order valence-electron chi connectivity index (χ3n) is 3.37. The van der Waals surface area contributed by atoms with Gasteiger partial charge in [0.2, 0.25) is 5.95 Å². The van der Waals surface area contributed by atoms with Gasteiger partial charge in [0, 0.05) is 19.1 Å². The van der Waals surface area contributed by atoms with Crippen LogP contribution >= 0.6 is 0 Å². The highest BCUT2D eigenvalue weighted by Gasteiger charge is 2.18. The van der Waals surface area contributed by atoms with Gasteiger partial charge in [0.05, 0.1) is 18.1 Å². The van der Waals surface area contributed by atoms with Gasteiger partial charge in [-0.05, 0) is 19.9 Å². The van der Waals surface area contributed by atoms with Crippen LogP contribution in [0, 0.1) is 0 Å². The molecule has 5 nitrogen and oxygen atoms in total. The molecule has 0 bridgehead atoms. The number of aromatic nitrogens is 2. The number of nitrogens with two attached hydrogens (primary N) is 1. The number of nitrogen functional groups attached to an aromatic ring is 1. The first-order valence-corrected chi connectivity index (χ1v) is 6.27. The molecule has 1 aromatic rings. The van der Waals surface area contributed by atoms with Crippen LogP contribution in [-0.4, -0.2) is 41.0 Å². The lowest BCUT2D eigenvalue weighted by Crippen LogP contribution is -2.33. The molecule has 0 unspecified atom stereocenters. The third kappa shape index (κ3) is 3.56. The lowest BCUT2D eigenvalue weighted by Gasteiger charge is -2.23. The fourth-order valence-electron chi connectivity index (χ4n) is 2.30. The van der Waals surface area contributed by atoms with E-state index in [1.165, 1.54) is 25.7 Å². The van der Waals surface area contributed by atoms with Crippen LogP contribution in [0.2, 0.25) is 0 Å². The van der Waals surface area contributed by atoms with Gasteiger partial charge in [-0.15, -0.1) is 0 Å². The third-order valence-corrected chi connectivity index (χ3v) is 3.37. The molecular formula is C12H21N5. The molecular weight excluding hydrogens is 214 g/mol. The molecule has 94 valence electrons. The number of hydrogen-bond donors (Lipinski definition) is 2. The Morgan fingerprint density at radius 1 is 1.35 bits per heavy atom. The van der Waals surface area contributed by atoms with Crippen molar-refractivity contribution in [3.8, 4) is 0 Å². The fourth-order valence-corrected chi connectivity index (χ4v) is 2.30. The van der Waals surface area contributed by atoms with E-state index in [1.54, 1.807) is 12.4 Å². The summed E-state index contributed by atoms with van der Waals surface area (Å²) in [5, 5.41) is 3.21. The highest BCUT2D eigenvalue weighted by atomic mass is 15.2. The molecule has 0 aliphatic heterocycles. The van der Waals surface area contributed by atoms with Crippen molar-refractivity contribution in [3.63, 3.8) is 0 Å². The van der Waals surface area contributed by atoms with E-state index in [2.05, 4.69) is 27.2 Å². The maximum atomic E-state index is 5.53. The normalized spacial score (nSPS) is 16.6. The van der Waals surface area contributed by atoms with Gasteiger partial charge in [0.15, 0.2) is 0 Å². The second-order valence-electron chi connectivity index (χ2n) is 4.69. The summed E-state index contributed by atoms with van der Waals surface area (Å²) in [6.45, 7) is 1.90. The maximum absolute atomic E-state index is 5.53. The van der Waals surface area contributed by atoms with Crippen molar-refractivity contribution in [2.24, 2.45) is 0 Å². The molecule has 1 aliphatic carbocycles. The summed E-state index contributed by atoms with van der Waals surface area (Å²) in [5.74, 6) is 0.652. The molecule has 1 aromatic heterocycles. The lowest BCUT2D eigenvalue weighted by atomic mass is 10.2. The molecule has 1 fully saturated rings. The second-order valence-corrected chi connectivity index (χ2v) is 4.69. The van der Waals surface area contributed by atoms with Crippen LogP contribution in [0.25, 0.3) is 0 Å². The summed E-state index contributed by atoms with van der Waals surface area (Å²) >= 11 is 0. The van der Waals surface area contributed by atoms with Gasteiger partial charge in [-0.2, -0.15) is 0 Å². The molecule has 1 heterocycles. The summed E-state index contributed by atoms with van der Waals surface area (Å²) in [6, 6.07) is 0.768. The highest BCUT2D eigenvalue weighted by molar-refractivity contribution is 5.35. The van der Waals surface area contributed by atoms with Crippen molar-refractivity contribution in [2.75, 3.05) is 31.2 Å². The molecule has 0 saturated heterocycles. The van der Waals surface area contributed by atoms with E-state index in [-0.39, 0.29) is 0 Å². The molecule has 0 atom stereocenters. The zero-order chi connectivity index (χ0) is 12.1. The van der Waals surface area contributed by atoms with Crippen LogP contribution in [0.1, 0.15) is 25.7 Å². The first kappa shape index (κ1) is 12.1. The Balaban J connectivity index is 1.70. The SMILES string of the molecule is CN(CCNc1ncc(N)cn1)C1CCCC1. The van der Waals surface area contributed by atoms with Crippen molar-refractivity contribution in [1.82, 2.24) is 14.9 Å². The smallest absolute Gasteiger partial charge is 0.222 e. The Morgan fingerprint density at radius 2 is 2.00 bits per heavy atom. The van der Waals surface area contributed by atoms with Gasteiger partial charge in [-0.25, -0.2) is 9.97 Å². The molecule has 0 amide bonds. The number of likely N-dealkylation sites (N-methyl/N-ethyl adjacent to an activating group) is 1. The summed E-state index contributed by atoms with van der Waals surface area (Å²) in [7, 11) is 2.20. The zero-order valence-electron chi connectivity index (χ0n) is 10.4. The summed E-state index contributed by atoms with van der Waals surface area (Å²) in [6.07, 6.45) is 8.68. The number of nitrogens with zero attached hydrogens (tertiary/aromatic N) is 3. The molecule has 0 radical (unpaired) electrons. The Kier molecular flexibility index (Phi) is 4.14. The summed E-state index contributed by atoms with van der Waals surface area (Å²) < 4.78 is 0. The van der Waals surface area contributed by atoms with Crippen LogP contribution < -0.4 is 11.1 Å². The summed E-state index contributed by atoms with van der Waals surface area (Å²) in [4.78, 5) is 10.6. The molecule has 17 heavy (non-hydrogen) atoms. The Hall–Kier alpha value is -1.36. The Morgan fingerprint density at radius 3 is 2.65 bits per heavy atom. The molecule has 0 spiro atoms. The van der Waals surface area contributed by atoms with E-state index < -0.39 is 0 Å².